The van der Waals surface area contributed by atoms with Crippen molar-refractivity contribution in [3.8, 4) is 11.4 Å². The number of pyridine rings is 1. The maximum absolute atomic E-state index is 6.64. The molecule has 1 atom stereocenters. The van der Waals surface area contributed by atoms with Crippen LogP contribution >= 0.6 is 0 Å². The molecule has 1 fully saturated rings. The molecule has 1 aliphatic carbocycles. The zero-order chi connectivity index (χ0) is 23.5. The summed E-state index contributed by atoms with van der Waals surface area (Å²) in [6, 6.07) is 16.4. The van der Waals surface area contributed by atoms with Gasteiger partial charge in [-0.3, -0.25) is 5.10 Å². The Bertz CT molecular complexity index is 1250. The summed E-state index contributed by atoms with van der Waals surface area (Å²) >= 11 is 0. The van der Waals surface area contributed by atoms with Gasteiger partial charge in [0, 0.05) is 12.2 Å². The van der Waals surface area contributed by atoms with Crippen LogP contribution in [0.5, 0.6) is 0 Å². The first kappa shape index (κ1) is 22.4. The van der Waals surface area contributed by atoms with Gasteiger partial charge in [-0.25, -0.2) is 15.0 Å². The van der Waals surface area contributed by atoms with Crippen molar-refractivity contribution in [1.82, 2.24) is 25.1 Å². The number of hydrogen-bond donors (Lipinski definition) is 5. The zero-order valence-electron chi connectivity index (χ0n) is 19.1. The van der Waals surface area contributed by atoms with Crippen molar-refractivity contribution in [2.45, 2.75) is 49.7 Å². The molecule has 0 saturated heterocycles. The summed E-state index contributed by atoms with van der Waals surface area (Å²) in [5, 5.41) is 11.9. The molecule has 8 N–H and O–H groups in total. The van der Waals surface area contributed by atoms with Crippen LogP contribution in [0.15, 0.2) is 54.7 Å². The molecule has 0 bridgehead atoms. The van der Waals surface area contributed by atoms with Gasteiger partial charge in [-0.15, -0.1) is 0 Å². The number of aromatic nitrogens is 5. The summed E-state index contributed by atoms with van der Waals surface area (Å²) in [5.41, 5.74) is 21.3. The first-order valence-electron chi connectivity index (χ1n) is 11.8. The van der Waals surface area contributed by atoms with E-state index < -0.39 is 5.54 Å². The Morgan fingerprint density at radius 1 is 1.06 bits per heavy atom. The monoisotopic (exact) mass is 457 g/mol. The lowest BCUT2D eigenvalue weighted by atomic mass is 9.80. The lowest BCUT2D eigenvalue weighted by Crippen LogP contribution is -2.44. The van der Waals surface area contributed by atoms with E-state index in [0.29, 0.717) is 18.0 Å². The second-order valence-corrected chi connectivity index (χ2v) is 9.12. The molecule has 0 amide bonds. The van der Waals surface area contributed by atoms with Crippen molar-refractivity contribution in [1.29, 1.82) is 0 Å². The second-order valence-electron chi connectivity index (χ2n) is 9.12. The fourth-order valence-corrected chi connectivity index (χ4v) is 4.62. The Hall–Kier alpha value is -3.40. The predicted octanol–water partition coefficient (Wildman–Crippen LogP) is 2.97. The SMILES string of the molecule is NCCC(Nc1cccc(-c2[nH]nc3nc(C4(N)CCC(N)CC4)ncc23)n1)c1ccccc1. The fraction of sp³-hybridized carbons (Fsp3) is 0.360. The van der Waals surface area contributed by atoms with Crippen molar-refractivity contribution < 1.29 is 0 Å². The highest BCUT2D eigenvalue weighted by Gasteiger charge is 2.35. The molecule has 1 unspecified atom stereocenters. The molecule has 3 heterocycles. The zero-order valence-corrected chi connectivity index (χ0v) is 19.1. The number of benzene rings is 1. The number of nitrogens with one attached hydrogen (secondary N) is 2. The molecule has 1 aliphatic rings. The third-order valence-corrected chi connectivity index (χ3v) is 6.66. The predicted molar refractivity (Wildman–Crippen MR) is 134 cm³/mol. The molecule has 9 heteroatoms. The summed E-state index contributed by atoms with van der Waals surface area (Å²) < 4.78 is 0. The average molecular weight is 458 g/mol. The molecule has 9 nitrogen and oxygen atoms in total. The minimum absolute atomic E-state index is 0.0720. The molecule has 4 aromatic rings. The Morgan fingerprint density at radius 3 is 2.62 bits per heavy atom. The van der Waals surface area contributed by atoms with Crippen LogP contribution in [0.4, 0.5) is 5.82 Å². The summed E-state index contributed by atoms with van der Waals surface area (Å²) in [6.07, 6.45) is 5.90. The first-order chi connectivity index (χ1) is 16.6. The molecule has 1 aromatic carbocycles. The minimum atomic E-state index is -0.555. The van der Waals surface area contributed by atoms with Gasteiger partial charge in [0.25, 0.3) is 0 Å². The molecule has 0 aliphatic heterocycles. The van der Waals surface area contributed by atoms with Crippen LogP contribution < -0.4 is 22.5 Å². The van der Waals surface area contributed by atoms with E-state index >= 15 is 0 Å². The van der Waals surface area contributed by atoms with Crippen LogP contribution in [-0.2, 0) is 5.54 Å². The molecule has 0 radical (unpaired) electrons. The lowest BCUT2D eigenvalue weighted by molar-refractivity contribution is 0.265. The minimum Gasteiger partial charge on any atom is -0.363 e. The van der Waals surface area contributed by atoms with Gasteiger partial charge in [0.1, 0.15) is 5.82 Å². The Balaban J connectivity index is 1.41. The standard InChI is InChI=1S/C25H31N9/c26-14-11-19(16-5-2-1-3-6-16)30-21-8-4-7-20(31-21)22-18-15-29-24(32-23(18)34-33-22)25(28)12-9-17(27)10-13-25/h1-8,15,17,19H,9-14,26-28H2,(H,30,31)(H,29,32,33,34). The number of anilines is 1. The second kappa shape index (κ2) is 9.46. The normalized spacial score (nSPS) is 21.4. The van der Waals surface area contributed by atoms with Crippen molar-refractivity contribution in [2.75, 3.05) is 11.9 Å². The van der Waals surface area contributed by atoms with E-state index in [9.17, 15) is 0 Å². The van der Waals surface area contributed by atoms with Gasteiger partial charge < -0.3 is 22.5 Å². The third-order valence-electron chi connectivity index (χ3n) is 6.66. The lowest BCUT2D eigenvalue weighted by Gasteiger charge is -2.34. The smallest absolute Gasteiger partial charge is 0.184 e. The summed E-state index contributed by atoms with van der Waals surface area (Å²) in [6.45, 7) is 0.575. The van der Waals surface area contributed by atoms with E-state index in [1.54, 1.807) is 6.20 Å². The quantitative estimate of drug-likeness (QED) is 0.283. The van der Waals surface area contributed by atoms with Gasteiger partial charge >= 0.3 is 0 Å². The Morgan fingerprint density at radius 2 is 1.85 bits per heavy atom. The van der Waals surface area contributed by atoms with Crippen LogP contribution in [0, 0.1) is 0 Å². The van der Waals surface area contributed by atoms with E-state index in [-0.39, 0.29) is 12.1 Å². The number of hydrogen-bond acceptors (Lipinski definition) is 8. The van der Waals surface area contributed by atoms with Crippen molar-refractivity contribution in [3.05, 3.63) is 66.1 Å². The molecule has 0 spiro atoms. The topological polar surface area (TPSA) is 157 Å². The highest BCUT2D eigenvalue weighted by Crippen LogP contribution is 2.34. The van der Waals surface area contributed by atoms with Gasteiger partial charge in [0.2, 0.25) is 0 Å². The van der Waals surface area contributed by atoms with Crippen LogP contribution in [-0.4, -0.2) is 37.7 Å². The fourth-order valence-electron chi connectivity index (χ4n) is 4.62. The number of nitrogens with two attached hydrogens (primary N) is 3. The van der Waals surface area contributed by atoms with Crippen molar-refractivity contribution >= 4 is 16.9 Å². The molecule has 34 heavy (non-hydrogen) atoms. The van der Waals surface area contributed by atoms with Crippen LogP contribution in [0.3, 0.4) is 0 Å². The molecule has 3 aromatic heterocycles. The van der Waals surface area contributed by atoms with Crippen molar-refractivity contribution in [3.63, 3.8) is 0 Å². The van der Waals surface area contributed by atoms with Crippen LogP contribution in [0.25, 0.3) is 22.4 Å². The van der Waals surface area contributed by atoms with E-state index in [4.69, 9.17) is 27.2 Å². The molecule has 5 rings (SSSR count). The molecular formula is C25H31N9. The van der Waals surface area contributed by atoms with E-state index in [2.05, 4.69) is 32.6 Å². The van der Waals surface area contributed by atoms with Crippen molar-refractivity contribution in [2.24, 2.45) is 17.2 Å². The largest absolute Gasteiger partial charge is 0.363 e. The molecule has 176 valence electrons. The van der Waals surface area contributed by atoms with E-state index in [0.717, 1.165) is 54.7 Å². The van der Waals surface area contributed by atoms with Gasteiger partial charge in [0.05, 0.1) is 28.4 Å². The van der Waals surface area contributed by atoms with Gasteiger partial charge in [-0.1, -0.05) is 36.4 Å². The Labute approximate surface area is 198 Å². The highest BCUT2D eigenvalue weighted by molar-refractivity contribution is 5.89. The average Bonchev–Trinajstić information content (AvgIpc) is 3.30. The number of fused-ring (bicyclic) bond motifs is 1. The van der Waals surface area contributed by atoms with Gasteiger partial charge in [-0.2, -0.15) is 5.10 Å². The van der Waals surface area contributed by atoms with E-state index in [1.165, 1.54) is 5.56 Å². The maximum Gasteiger partial charge on any atom is 0.184 e. The number of aromatic amines is 1. The number of rotatable bonds is 7. The summed E-state index contributed by atoms with van der Waals surface area (Å²) in [5.74, 6) is 1.39. The third kappa shape index (κ3) is 4.50. The molecular weight excluding hydrogens is 426 g/mol. The number of H-pyrrole nitrogens is 1. The van der Waals surface area contributed by atoms with Crippen LogP contribution in [0.2, 0.25) is 0 Å². The van der Waals surface area contributed by atoms with Crippen LogP contribution in [0.1, 0.15) is 49.5 Å². The molecule has 1 saturated carbocycles. The first-order valence-corrected chi connectivity index (χ1v) is 11.8. The van der Waals surface area contributed by atoms with Gasteiger partial charge in [-0.05, 0) is 56.3 Å². The summed E-state index contributed by atoms with van der Waals surface area (Å²) in [4.78, 5) is 14.2. The number of nitrogens with zero attached hydrogens (tertiary/aromatic N) is 4. The summed E-state index contributed by atoms with van der Waals surface area (Å²) in [7, 11) is 0. The Kier molecular flexibility index (Phi) is 6.23. The highest BCUT2D eigenvalue weighted by atomic mass is 15.2. The maximum atomic E-state index is 6.64. The van der Waals surface area contributed by atoms with E-state index in [1.807, 2.05) is 36.4 Å². The van der Waals surface area contributed by atoms with Gasteiger partial charge in [0.15, 0.2) is 11.5 Å².